The van der Waals surface area contributed by atoms with Crippen molar-refractivity contribution in [3.8, 4) is 17.3 Å². The van der Waals surface area contributed by atoms with Crippen molar-refractivity contribution in [1.29, 1.82) is 0 Å². The molecule has 0 radical (unpaired) electrons. The molecule has 2 aliphatic rings. The van der Waals surface area contributed by atoms with E-state index in [0.717, 1.165) is 42.2 Å². The molecule has 286 valence electrons. The maximum atomic E-state index is 12.5. The molecular formula is C35H38N6O12S. The second-order valence-electron chi connectivity index (χ2n) is 12.3. The molecule has 4 aromatic rings. The molecule has 19 heteroatoms. The third-order valence-corrected chi connectivity index (χ3v) is 9.48. The van der Waals surface area contributed by atoms with Crippen molar-refractivity contribution in [2.75, 3.05) is 19.8 Å². The number of amides is 1. The van der Waals surface area contributed by atoms with E-state index < -0.39 is 61.1 Å². The molecule has 54 heavy (non-hydrogen) atoms. The van der Waals surface area contributed by atoms with Gasteiger partial charge in [-0.2, -0.15) is 4.98 Å². The summed E-state index contributed by atoms with van der Waals surface area (Å²) in [6, 6.07) is 9.43. The minimum Gasteiger partial charge on any atom is -0.470 e. The Labute approximate surface area is 312 Å². The maximum Gasteiger partial charge on any atom is 0.410 e. The molecule has 0 unspecified atom stereocenters. The Bertz CT molecular complexity index is 2040. The van der Waals surface area contributed by atoms with Gasteiger partial charge in [-0.1, -0.05) is 35.5 Å². The van der Waals surface area contributed by atoms with E-state index in [9.17, 15) is 24.0 Å². The van der Waals surface area contributed by atoms with Gasteiger partial charge in [-0.15, -0.1) is 16.4 Å². The van der Waals surface area contributed by atoms with Crippen LogP contribution in [0.2, 0.25) is 0 Å². The fourth-order valence-electron chi connectivity index (χ4n) is 6.22. The summed E-state index contributed by atoms with van der Waals surface area (Å²) in [5.74, 6) is -2.14. The first-order chi connectivity index (χ1) is 25.9. The normalized spacial score (nSPS) is 20.8. The van der Waals surface area contributed by atoms with Gasteiger partial charge in [0.05, 0.1) is 24.7 Å². The highest BCUT2D eigenvalue weighted by molar-refractivity contribution is 7.18. The number of rotatable bonds is 11. The average Bonchev–Trinajstić information content (AvgIpc) is 3.75. The lowest BCUT2D eigenvalue weighted by molar-refractivity contribution is -0.270. The molecule has 1 saturated heterocycles. The van der Waals surface area contributed by atoms with Crippen LogP contribution in [-0.2, 0) is 67.2 Å². The van der Waals surface area contributed by atoms with Gasteiger partial charge >= 0.3 is 30.0 Å². The number of hydrogen-bond acceptors (Lipinski definition) is 17. The summed E-state index contributed by atoms with van der Waals surface area (Å²) in [6.45, 7) is 6.95. The van der Waals surface area contributed by atoms with Crippen molar-refractivity contribution in [3.05, 3.63) is 52.7 Å². The van der Waals surface area contributed by atoms with Gasteiger partial charge in [0.15, 0.2) is 30.4 Å². The molecule has 0 spiro atoms. The average molecular weight is 767 g/mol. The molecule has 0 aliphatic carbocycles. The number of aromatic nitrogens is 5. The Morgan fingerprint density at radius 1 is 0.889 bits per heavy atom. The van der Waals surface area contributed by atoms with Crippen molar-refractivity contribution in [2.24, 2.45) is 0 Å². The number of benzene rings is 1. The predicted octanol–water partition coefficient (Wildman–Crippen LogP) is 3.30. The van der Waals surface area contributed by atoms with E-state index in [0.29, 0.717) is 41.7 Å². The molecule has 2 aliphatic heterocycles. The lowest BCUT2D eigenvalue weighted by Gasteiger charge is -2.44. The molecule has 1 fully saturated rings. The number of carbonyl (C=O) groups is 5. The molecule has 1 aromatic carbocycles. The standard InChI is InChI=1S/C35H38N6O12S/c1-6-47-35(46)40-13-12-24-26(15-40)54-33-27(24)32(36-31(37-33)22-10-8-7-9-11-22)49-16-23-14-41(39-38-23)34-30(52-21(5)45)29(51-20(4)44)28(50-19(3)43)25(53-34)17-48-18(2)42/h7-11,14,25,28-30,34H,6,12-13,15-17H2,1-5H3/t25-,28+,29+,30-,34-/m1/s1. The van der Waals surface area contributed by atoms with Crippen molar-refractivity contribution >= 4 is 51.5 Å². The third kappa shape index (κ3) is 8.57. The van der Waals surface area contributed by atoms with Crippen LogP contribution in [0.5, 0.6) is 5.88 Å². The molecule has 5 atom stereocenters. The van der Waals surface area contributed by atoms with Crippen molar-refractivity contribution < 1.29 is 57.1 Å². The summed E-state index contributed by atoms with van der Waals surface area (Å²) in [7, 11) is 0. The van der Waals surface area contributed by atoms with E-state index in [1.54, 1.807) is 11.8 Å². The third-order valence-electron chi connectivity index (χ3n) is 8.37. The van der Waals surface area contributed by atoms with Gasteiger partial charge in [0.1, 0.15) is 29.8 Å². The van der Waals surface area contributed by atoms with Crippen LogP contribution in [-0.4, -0.2) is 104 Å². The minimum absolute atomic E-state index is 0.120. The smallest absolute Gasteiger partial charge is 0.410 e. The largest absolute Gasteiger partial charge is 0.470 e. The van der Waals surface area contributed by atoms with Crippen molar-refractivity contribution in [2.45, 2.75) is 84.8 Å². The highest BCUT2D eigenvalue weighted by Crippen LogP contribution is 2.40. The van der Waals surface area contributed by atoms with Crippen molar-refractivity contribution in [3.63, 3.8) is 0 Å². The zero-order valence-electron chi connectivity index (χ0n) is 30.1. The zero-order chi connectivity index (χ0) is 38.5. The molecule has 5 heterocycles. The summed E-state index contributed by atoms with van der Waals surface area (Å²) in [6.07, 6.45) is -4.89. The second-order valence-corrected chi connectivity index (χ2v) is 13.4. The lowest BCUT2D eigenvalue weighted by atomic mass is 9.97. The van der Waals surface area contributed by atoms with Crippen LogP contribution in [0.3, 0.4) is 0 Å². The number of hydrogen-bond donors (Lipinski definition) is 0. The van der Waals surface area contributed by atoms with Gasteiger partial charge in [-0.25, -0.2) is 14.5 Å². The van der Waals surface area contributed by atoms with Gasteiger partial charge in [0, 0.05) is 44.7 Å². The monoisotopic (exact) mass is 766 g/mol. The van der Waals surface area contributed by atoms with Gasteiger partial charge in [0.2, 0.25) is 5.88 Å². The van der Waals surface area contributed by atoms with Gasteiger partial charge < -0.3 is 38.1 Å². The number of carbonyl (C=O) groups excluding carboxylic acids is 5. The zero-order valence-corrected chi connectivity index (χ0v) is 30.9. The Balaban J connectivity index is 1.32. The molecule has 6 rings (SSSR count). The van der Waals surface area contributed by atoms with Crippen LogP contribution in [0, 0.1) is 0 Å². The van der Waals surface area contributed by atoms with Crippen LogP contribution in [0.1, 0.15) is 57.0 Å². The first kappa shape index (κ1) is 38.0. The summed E-state index contributed by atoms with van der Waals surface area (Å²) in [5.41, 5.74) is 2.07. The van der Waals surface area contributed by atoms with Gasteiger partial charge in [-0.3, -0.25) is 19.2 Å². The fourth-order valence-corrected chi connectivity index (χ4v) is 7.44. The van der Waals surface area contributed by atoms with E-state index in [4.69, 9.17) is 43.1 Å². The van der Waals surface area contributed by atoms with Gasteiger partial charge in [-0.05, 0) is 18.9 Å². The number of esters is 4. The molecule has 18 nitrogen and oxygen atoms in total. The lowest BCUT2D eigenvalue weighted by Crippen LogP contribution is -2.60. The van der Waals surface area contributed by atoms with Crippen LogP contribution in [0.15, 0.2) is 36.5 Å². The summed E-state index contributed by atoms with van der Waals surface area (Å²) < 4.78 is 40.7. The minimum atomic E-state index is -1.38. The first-order valence-corrected chi connectivity index (χ1v) is 17.9. The van der Waals surface area contributed by atoms with Crippen LogP contribution >= 0.6 is 11.3 Å². The highest BCUT2D eigenvalue weighted by Gasteiger charge is 2.53. The molecule has 0 N–H and O–H groups in total. The van der Waals surface area contributed by atoms with Crippen molar-refractivity contribution in [1.82, 2.24) is 29.9 Å². The Hall–Kier alpha value is -5.69. The highest BCUT2D eigenvalue weighted by atomic mass is 32.1. The maximum absolute atomic E-state index is 12.5. The second kappa shape index (κ2) is 16.5. The van der Waals surface area contributed by atoms with E-state index in [1.807, 2.05) is 30.3 Å². The molecule has 1 amide bonds. The predicted molar refractivity (Wildman–Crippen MR) is 186 cm³/mol. The van der Waals surface area contributed by atoms with Crippen LogP contribution in [0.25, 0.3) is 21.6 Å². The first-order valence-electron chi connectivity index (χ1n) is 17.0. The fraction of sp³-hybridized carbons (Fsp3) is 0.457. The van der Waals surface area contributed by atoms with E-state index in [2.05, 4.69) is 10.3 Å². The molecule has 3 aromatic heterocycles. The summed E-state index contributed by atoms with van der Waals surface area (Å²) >= 11 is 1.46. The molecular weight excluding hydrogens is 728 g/mol. The van der Waals surface area contributed by atoms with E-state index in [1.165, 1.54) is 29.1 Å². The van der Waals surface area contributed by atoms with Crippen LogP contribution in [0.4, 0.5) is 4.79 Å². The number of thiophene rings is 1. The van der Waals surface area contributed by atoms with E-state index >= 15 is 0 Å². The Kier molecular flexibility index (Phi) is 11.7. The Morgan fingerprint density at radius 2 is 1.59 bits per heavy atom. The quantitative estimate of drug-likeness (QED) is 0.158. The Morgan fingerprint density at radius 3 is 2.28 bits per heavy atom. The summed E-state index contributed by atoms with van der Waals surface area (Å²) in [4.78, 5) is 73.9. The number of fused-ring (bicyclic) bond motifs is 3. The van der Waals surface area contributed by atoms with Crippen LogP contribution < -0.4 is 4.74 Å². The van der Waals surface area contributed by atoms with Gasteiger partial charge in [0.25, 0.3) is 0 Å². The topological polar surface area (TPSA) is 210 Å². The number of nitrogens with zero attached hydrogens (tertiary/aromatic N) is 6. The molecule has 0 saturated carbocycles. The van der Waals surface area contributed by atoms with E-state index in [-0.39, 0.29) is 19.3 Å². The SMILES string of the molecule is CCOC(=O)N1CCc2c(sc3nc(-c4ccccc4)nc(OCc4cn([C@@H]5O[C@H](COC(C)=O)[C@H](OC(C)=O)[C@H](OC(C)=O)[C@H]5OC(C)=O)nn4)c23)C1. The molecule has 0 bridgehead atoms. The summed E-state index contributed by atoms with van der Waals surface area (Å²) in [5, 5.41) is 9.17. The number of ether oxygens (including phenoxy) is 7.